The third kappa shape index (κ3) is 12.5. The van der Waals surface area contributed by atoms with Crippen LogP contribution in [0.5, 0.6) is 0 Å². The number of ketones is 3. The number of aliphatic hydroxyl groups excluding tert-OH is 1. The number of hydrogen-bond acceptors (Lipinski definition) is 10. The van der Waals surface area contributed by atoms with Gasteiger partial charge >= 0.3 is 6.09 Å². The topological polar surface area (TPSA) is 185 Å². The molecule has 1 saturated heterocycles. The fourth-order valence-electron chi connectivity index (χ4n) is 8.34. The normalized spacial score (nSPS) is 20.8. The van der Waals surface area contributed by atoms with Crippen LogP contribution in [0.2, 0.25) is 0 Å². The number of nitrogens with zero attached hydrogens (tertiary/aromatic N) is 3. The molecule has 2 aromatic rings. The summed E-state index contributed by atoms with van der Waals surface area (Å²) in [5, 5.41) is 17.1. The molecule has 2 saturated carbocycles. The minimum absolute atomic E-state index is 0.00105. The molecule has 2 heterocycles. The van der Waals surface area contributed by atoms with Crippen molar-refractivity contribution in [1.82, 2.24) is 25.5 Å². The third-order valence-corrected chi connectivity index (χ3v) is 11.9. The summed E-state index contributed by atoms with van der Waals surface area (Å²) in [6.07, 6.45) is 9.93. The van der Waals surface area contributed by atoms with E-state index in [1.165, 1.54) is 23.5 Å². The van der Waals surface area contributed by atoms with Crippen LogP contribution in [-0.2, 0) is 30.5 Å². The molecule has 2 aliphatic carbocycles. The maximum atomic E-state index is 14.4. The van der Waals surface area contributed by atoms with Gasteiger partial charge in [0.25, 0.3) is 5.91 Å². The first-order chi connectivity index (χ1) is 27.2. The second kappa shape index (κ2) is 20.3. The highest BCUT2D eigenvalue weighted by Gasteiger charge is 2.45. The number of aromatic nitrogens is 2. The lowest BCUT2D eigenvalue weighted by Crippen LogP contribution is -2.51. The number of ether oxygens (including phenoxy) is 1. The zero-order chi connectivity index (χ0) is 41.1. The van der Waals surface area contributed by atoms with Crippen molar-refractivity contribution in [3.05, 3.63) is 60.2 Å². The number of hydrogen-bond donors (Lipinski definition) is 3. The minimum atomic E-state index is -1.27. The van der Waals surface area contributed by atoms with Gasteiger partial charge in [-0.2, -0.15) is 0 Å². The fraction of sp³-hybridized carbons (Fsp3) is 0.636. The lowest BCUT2D eigenvalue weighted by atomic mass is 9.74. The van der Waals surface area contributed by atoms with Gasteiger partial charge in [0.2, 0.25) is 5.91 Å². The zero-order valence-corrected chi connectivity index (χ0v) is 34.0. The Balaban J connectivity index is 1.34. The lowest BCUT2D eigenvalue weighted by Gasteiger charge is -2.34. The Hall–Kier alpha value is -4.52. The Labute approximate surface area is 336 Å². The molecule has 3 amide bonds. The van der Waals surface area contributed by atoms with E-state index < -0.39 is 59.3 Å². The molecule has 0 radical (unpaired) electrons. The molecule has 310 valence electrons. The van der Waals surface area contributed by atoms with Crippen LogP contribution < -0.4 is 10.6 Å². The molecular formula is C44H61N5O8. The van der Waals surface area contributed by atoms with E-state index in [1.807, 2.05) is 58.0 Å². The molecular weight excluding hydrogens is 727 g/mol. The first kappa shape index (κ1) is 43.6. The van der Waals surface area contributed by atoms with E-state index in [0.29, 0.717) is 25.2 Å². The quantitative estimate of drug-likeness (QED) is 0.161. The molecule has 1 aliphatic heterocycles. The van der Waals surface area contributed by atoms with Gasteiger partial charge in [0.15, 0.2) is 11.6 Å². The molecule has 3 fully saturated rings. The van der Waals surface area contributed by atoms with Crippen LogP contribution in [0.3, 0.4) is 0 Å². The SMILES string of the molecule is CCC[C@H](CC(=O)[C@@H]1CN(C(=O)OCc2ccccc2)CC1NC(=O)C(CC(=O)[C@@H](NC(=O)c1cnccn1)C1CCCCC1)C(C)(C)C)C(O)C(=O)CC1CC1. The third-order valence-electron chi connectivity index (χ3n) is 11.9. The molecule has 57 heavy (non-hydrogen) atoms. The molecule has 1 aromatic heterocycles. The van der Waals surface area contributed by atoms with Crippen LogP contribution in [0.25, 0.3) is 0 Å². The standard InChI is InChI=1S/C44H61N5O8/c1-5-12-31(40(53)38(52)21-28-17-18-28)22-36(50)32-25-49(43(56)57-27-29-13-8-6-9-14-29)26-35(32)47-41(54)33(44(2,3)4)23-37(51)39(30-15-10-7-11-16-30)48-42(55)34-24-45-19-20-46-34/h6,8-9,13-14,19-20,24,28,30-33,35,39-40,53H,5,7,10-12,15-18,21-23,25-27H2,1-4H3,(H,47,54)(H,48,55)/t31-,32-,33?,35?,39+,40?/m1/s1. The maximum Gasteiger partial charge on any atom is 0.410 e. The summed E-state index contributed by atoms with van der Waals surface area (Å²) >= 11 is 0. The summed E-state index contributed by atoms with van der Waals surface area (Å²) in [5.74, 6) is -3.76. The van der Waals surface area contributed by atoms with Gasteiger partial charge in [0.05, 0.1) is 24.2 Å². The summed E-state index contributed by atoms with van der Waals surface area (Å²) in [4.78, 5) is 92.0. The van der Waals surface area contributed by atoms with E-state index in [4.69, 9.17) is 4.74 Å². The molecule has 0 bridgehead atoms. The van der Waals surface area contributed by atoms with Crippen molar-refractivity contribution in [2.45, 2.75) is 130 Å². The number of Topliss-reactive ketones (excluding diaryl/α,β-unsaturated/α-hetero) is 3. The zero-order valence-electron chi connectivity index (χ0n) is 34.0. The van der Waals surface area contributed by atoms with Crippen molar-refractivity contribution < 1.29 is 38.6 Å². The van der Waals surface area contributed by atoms with Crippen molar-refractivity contribution in [3.8, 4) is 0 Å². The second-order valence-corrected chi connectivity index (χ2v) is 17.5. The monoisotopic (exact) mass is 787 g/mol. The number of carbonyl (C=O) groups is 6. The lowest BCUT2D eigenvalue weighted by molar-refractivity contribution is -0.135. The van der Waals surface area contributed by atoms with Crippen LogP contribution >= 0.6 is 0 Å². The molecule has 5 rings (SSSR count). The van der Waals surface area contributed by atoms with Gasteiger partial charge in [-0.05, 0) is 60.8 Å². The highest BCUT2D eigenvalue weighted by atomic mass is 16.6. The van der Waals surface area contributed by atoms with Gasteiger partial charge in [-0.3, -0.25) is 29.0 Å². The number of aliphatic hydroxyl groups is 1. The smallest absolute Gasteiger partial charge is 0.410 e. The Morgan fingerprint density at radius 1 is 0.930 bits per heavy atom. The Kier molecular flexibility index (Phi) is 15.5. The van der Waals surface area contributed by atoms with E-state index in [9.17, 15) is 33.9 Å². The number of rotatable bonds is 19. The van der Waals surface area contributed by atoms with Crippen LogP contribution in [-0.4, -0.2) is 86.5 Å². The number of carbonyl (C=O) groups excluding carboxylic acids is 6. The summed E-state index contributed by atoms with van der Waals surface area (Å²) in [5.41, 5.74) is 0.198. The van der Waals surface area contributed by atoms with E-state index in [2.05, 4.69) is 20.6 Å². The van der Waals surface area contributed by atoms with Gasteiger partial charge in [0, 0.05) is 50.7 Å². The highest BCUT2D eigenvalue weighted by molar-refractivity contribution is 5.98. The van der Waals surface area contributed by atoms with Gasteiger partial charge in [-0.1, -0.05) is 83.7 Å². The Morgan fingerprint density at radius 3 is 2.28 bits per heavy atom. The van der Waals surface area contributed by atoms with Crippen molar-refractivity contribution in [1.29, 1.82) is 0 Å². The van der Waals surface area contributed by atoms with Crippen LogP contribution in [0, 0.1) is 35.0 Å². The number of nitrogens with one attached hydrogen (secondary N) is 2. The molecule has 13 heteroatoms. The summed E-state index contributed by atoms with van der Waals surface area (Å²) < 4.78 is 5.62. The average Bonchev–Trinajstić information content (AvgIpc) is 3.92. The van der Waals surface area contributed by atoms with Gasteiger partial charge < -0.3 is 25.4 Å². The minimum Gasteiger partial charge on any atom is -0.445 e. The number of amides is 3. The molecule has 3 aliphatic rings. The van der Waals surface area contributed by atoms with Gasteiger partial charge in [0.1, 0.15) is 24.2 Å². The van der Waals surface area contributed by atoms with E-state index in [-0.39, 0.29) is 61.5 Å². The first-order valence-electron chi connectivity index (χ1n) is 20.8. The van der Waals surface area contributed by atoms with Gasteiger partial charge in [-0.25, -0.2) is 9.78 Å². The van der Waals surface area contributed by atoms with E-state index >= 15 is 0 Å². The van der Waals surface area contributed by atoms with Gasteiger partial charge in [-0.15, -0.1) is 0 Å². The van der Waals surface area contributed by atoms with Crippen molar-refractivity contribution in [2.24, 2.45) is 35.0 Å². The van der Waals surface area contributed by atoms with Crippen molar-refractivity contribution >= 4 is 35.3 Å². The highest BCUT2D eigenvalue weighted by Crippen LogP contribution is 2.36. The largest absolute Gasteiger partial charge is 0.445 e. The summed E-state index contributed by atoms with van der Waals surface area (Å²) in [6.45, 7) is 7.57. The summed E-state index contributed by atoms with van der Waals surface area (Å²) in [7, 11) is 0. The maximum absolute atomic E-state index is 14.4. The first-order valence-corrected chi connectivity index (χ1v) is 20.8. The molecule has 6 atom stereocenters. The van der Waals surface area contributed by atoms with Crippen molar-refractivity contribution in [3.63, 3.8) is 0 Å². The molecule has 13 nitrogen and oxygen atoms in total. The predicted octanol–water partition coefficient (Wildman–Crippen LogP) is 5.64. The number of benzene rings is 1. The van der Waals surface area contributed by atoms with E-state index in [0.717, 1.165) is 50.5 Å². The molecule has 3 N–H and O–H groups in total. The fourth-order valence-corrected chi connectivity index (χ4v) is 8.34. The average molecular weight is 788 g/mol. The van der Waals surface area contributed by atoms with E-state index in [1.54, 1.807) is 0 Å². The van der Waals surface area contributed by atoms with Crippen molar-refractivity contribution in [2.75, 3.05) is 13.1 Å². The predicted molar refractivity (Wildman–Crippen MR) is 212 cm³/mol. The van der Waals surface area contributed by atoms with Crippen LogP contribution in [0.15, 0.2) is 48.9 Å². The van der Waals surface area contributed by atoms with Crippen LogP contribution in [0.1, 0.15) is 121 Å². The summed E-state index contributed by atoms with van der Waals surface area (Å²) in [6, 6.07) is 7.60. The second-order valence-electron chi connectivity index (χ2n) is 17.5. The molecule has 1 aromatic carbocycles. The molecule has 3 unspecified atom stereocenters. The Bertz CT molecular complexity index is 1690. The number of likely N-dealkylation sites (tertiary alicyclic amines) is 1. The molecule has 0 spiro atoms. The Morgan fingerprint density at radius 2 is 1.65 bits per heavy atom. The van der Waals surface area contributed by atoms with Crippen LogP contribution in [0.4, 0.5) is 4.79 Å².